The van der Waals surface area contributed by atoms with Gasteiger partial charge in [-0.1, -0.05) is 23.7 Å². The lowest BCUT2D eigenvalue weighted by molar-refractivity contribution is 0.993. The summed E-state index contributed by atoms with van der Waals surface area (Å²) in [5.74, 6) is 0. The molecule has 21 heavy (non-hydrogen) atoms. The molecule has 104 valence electrons. The third-order valence-electron chi connectivity index (χ3n) is 3.01. The lowest BCUT2D eigenvalue weighted by Crippen LogP contribution is -2.09. The Morgan fingerprint density at radius 3 is 2.67 bits per heavy atom. The van der Waals surface area contributed by atoms with E-state index in [1.165, 1.54) is 4.88 Å². The van der Waals surface area contributed by atoms with Crippen LogP contribution >= 0.6 is 34.3 Å². The van der Waals surface area contributed by atoms with Crippen LogP contribution in [0.1, 0.15) is 21.4 Å². The minimum absolute atomic E-state index is 0.0523. The Kier molecular flexibility index (Phi) is 4.26. The summed E-state index contributed by atoms with van der Waals surface area (Å²) in [6.45, 7) is 0. The van der Waals surface area contributed by atoms with Crippen LogP contribution in [0.3, 0.4) is 0 Å². The molecule has 0 bridgehead atoms. The quantitative estimate of drug-likeness (QED) is 0.682. The molecule has 2 nitrogen and oxygen atoms in total. The van der Waals surface area contributed by atoms with Crippen LogP contribution in [-0.4, -0.2) is 0 Å². The number of halogens is 1. The molecule has 1 aromatic carbocycles. The lowest BCUT2D eigenvalue weighted by atomic mass is 10.1. The van der Waals surface area contributed by atoms with Gasteiger partial charge < -0.3 is 5.32 Å². The van der Waals surface area contributed by atoms with Crippen LogP contribution in [-0.2, 0) is 0 Å². The highest BCUT2D eigenvalue weighted by atomic mass is 35.5. The zero-order valence-corrected chi connectivity index (χ0v) is 13.3. The minimum atomic E-state index is 0.0523. The van der Waals surface area contributed by atoms with Crippen molar-refractivity contribution in [3.63, 3.8) is 0 Å². The molecule has 0 saturated heterocycles. The van der Waals surface area contributed by atoms with Gasteiger partial charge in [0.05, 0.1) is 22.0 Å². The van der Waals surface area contributed by atoms with Gasteiger partial charge >= 0.3 is 0 Å². The van der Waals surface area contributed by atoms with Crippen LogP contribution in [0.2, 0.25) is 4.34 Å². The molecular weight excluding hydrogens is 320 g/mol. The number of rotatable bonds is 4. The number of nitrogens with zero attached hydrogens (tertiary/aromatic N) is 1. The maximum absolute atomic E-state index is 9.01. The summed E-state index contributed by atoms with van der Waals surface area (Å²) in [7, 11) is 0. The van der Waals surface area contributed by atoms with Crippen molar-refractivity contribution in [3.8, 4) is 6.07 Å². The first-order chi connectivity index (χ1) is 10.3. The van der Waals surface area contributed by atoms with Crippen LogP contribution in [0.25, 0.3) is 0 Å². The molecule has 1 atom stereocenters. The Hall–Kier alpha value is -1.80. The predicted octanol–water partition coefficient (Wildman–Crippen LogP) is 5.54. The number of hydrogen-bond acceptors (Lipinski definition) is 4. The second-order valence-corrected chi connectivity index (χ2v) is 7.15. The molecule has 1 N–H and O–H groups in total. The highest BCUT2D eigenvalue weighted by Gasteiger charge is 2.17. The molecular formula is C16H11ClN2S2. The molecule has 0 aliphatic rings. The maximum atomic E-state index is 9.01. The van der Waals surface area contributed by atoms with Gasteiger partial charge in [0.25, 0.3) is 0 Å². The van der Waals surface area contributed by atoms with Crippen LogP contribution in [0.15, 0.2) is 53.9 Å². The molecule has 2 heterocycles. The van der Waals surface area contributed by atoms with E-state index < -0.39 is 0 Å². The van der Waals surface area contributed by atoms with Crippen LogP contribution in [0, 0.1) is 11.3 Å². The highest BCUT2D eigenvalue weighted by molar-refractivity contribution is 7.16. The van der Waals surface area contributed by atoms with E-state index in [1.807, 2.05) is 36.4 Å². The Morgan fingerprint density at radius 2 is 2.00 bits per heavy atom. The van der Waals surface area contributed by atoms with E-state index in [4.69, 9.17) is 16.9 Å². The fourth-order valence-corrected chi connectivity index (χ4v) is 4.07. The zero-order chi connectivity index (χ0) is 14.7. The largest absolute Gasteiger partial charge is 0.373 e. The topological polar surface area (TPSA) is 35.8 Å². The Morgan fingerprint density at radius 1 is 1.10 bits per heavy atom. The van der Waals surface area contributed by atoms with Gasteiger partial charge in [0.15, 0.2) is 0 Å². The third-order valence-corrected chi connectivity index (χ3v) is 5.24. The first kappa shape index (κ1) is 14.2. The summed E-state index contributed by atoms with van der Waals surface area (Å²) in [6.07, 6.45) is 0. The molecule has 0 radical (unpaired) electrons. The van der Waals surface area contributed by atoms with E-state index in [1.54, 1.807) is 28.7 Å². The Bertz CT molecular complexity index is 772. The minimum Gasteiger partial charge on any atom is -0.373 e. The van der Waals surface area contributed by atoms with Crippen molar-refractivity contribution < 1.29 is 0 Å². The van der Waals surface area contributed by atoms with Crippen LogP contribution < -0.4 is 5.32 Å². The third kappa shape index (κ3) is 3.27. The summed E-state index contributed by atoms with van der Waals surface area (Å²) < 4.78 is 0.777. The van der Waals surface area contributed by atoms with E-state index in [0.29, 0.717) is 5.56 Å². The Balaban J connectivity index is 1.95. The van der Waals surface area contributed by atoms with Crippen molar-refractivity contribution >= 4 is 40.0 Å². The van der Waals surface area contributed by atoms with Gasteiger partial charge in [-0.3, -0.25) is 0 Å². The fourth-order valence-electron chi connectivity index (χ4n) is 2.07. The van der Waals surface area contributed by atoms with Gasteiger partial charge in [-0.15, -0.1) is 22.7 Å². The van der Waals surface area contributed by atoms with Gasteiger partial charge in [0.2, 0.25) is 0 Å². The fraction of sp³-hybridized carbons (Fsp3) is 0.0625. The number of anilines is 1. The lowest BCUT2D eigenvalue weighted by Gasteiger charge is -2.17. The number of hydrogen-bond donors (Lipinski definition) is 1. The number of thiophene rings is 2. The van der Waals surface area contributed by atoms with Gasteiger partial charge in [0, 0.05) is 15.4 Å². The highest BCUT2D eigenvalue weighted by Crippen LogP contribution is 2.35. The van der Waals surface area contributed by atoms with Gasteiger partial charge in [0.1, 0.15) is 0 Å². The molecule has 1 unspecified atom stereocenters. The molecule has 5 heteroatoms. The maximum Gasteiger partial charge on any atom is 0.0992 e. The summed E-state index contributed by atoms with van der Waals surface area (Å²) in [4.78, 5) is 2.38. The SMILES string of the molecule is N#Cc1cccc(NC(c2cccs2)c2ccc(Cl)s2)c1. The van der Waals surface area contributed by atoms with Gasteiger partial charge in [-0.25, -0.2) is 0 Å². The van der Waals surface area contributed by atoms with Crippen molar-refractivity contribution in [2.24, 2.45) is 0 Å². The Labute approximate surface area is 136 Å². The molecule has 3 aromatic rings. The molecule has 0 amide bonds. The number of nitriles is 1. The first-order valence-electron chi connectivity index (χ1n) is 6.31. The van der Waals surface area contributed by atoms with Crippen molar-refractivity contribution in [3.05, 3.63) is 73.6 Å². The molecule has 0 aliphatic heterocycles. The molecule has 0 spiro atoms. The predicted molar refractivity (Wildman–Crippen MR) is 90.3 cm³/mol. The summed E-state index contributed by atoms with van der Waals surface area (Å²) in [6, 6.07) is 17.8. The van der Waals surface area contributed by atoms with Gasteiger partial charge in [-0.2, -0.15) is 5.26 Å². The molecule has 0 fully saturated rings. The first-order valence-corrected chi connectivity index (χ1v) is 8.39. The smallest absolute Gasteiger partial charge is 0.0992 e. The number of nitrogens with one attached hydrogen (secondary N) is 1. The monoisotopic (exact) mass is 330 g/mol. The average Bonchev–Trinajstić information content (AvgIpc) is 3.16. The zero-order valence-electron chi connectivity index (χ0n) is 10.9. The summed E-state index contributed by atoms with van der Waals surface area (Å²) in [5.41, 5.74) is 1.58. The van der Waals surface area contributed by atoms with E-state index in [0.717, 1.165) is 14.9 Å². The van der Waals surface area contributed by atoms with Crippen molar-refractivity contribution in [2.75, 3.05) is 5.32 Å². The van der Waals surface area contributed by atoms with Crippen LogP contribution in [0.5, 0.6) is 0 Å². The normalized spacial score (nSPS) is 11.8. The molecule has 0 saturated carbocycles. The van der Waals surface area contributed by atoms with E-state index in [-0.39, 0.29) is 6.04 Å². The van der Waals surface area contributed by atoms with Crippen molar-refractivity contribution in [2.45, 2.75) is 6.04 Å². The molecule has 0 aliphatic carbocycles. The summed E-state index contributed by atoms with van der Waals surface area (Å²) in [5, 5.41) is 14.6. The molecule has 2 aromatic heterocycles. The molecule has 3 rings (SSSR count). The van der Waals surface area contributed by atoms with E-state index in [9.17, 15) is 0 Å². The average molecular weight is 331 g/mol. The van der Waals surface area contributed by atoms with E-state index >= 15 is 0 Å². The summed E-state index contributed by atoms with van der Waals surface area (Å²) >= 11 is 9.34. The van der Waals surface area contributed by atoms with Crippen molar-refractivity contribution in [1.82, 2.24) is 0 Å². The van der Waals surface area contributed by atoms with Crippen molar-refractivity contribution in [1.29, 1.82) is 5.26 Å². The second kappa shape index (κ2) is 6.31. The second-order valence-electron chi connectivity index (χ2n) is 4.43. The standard InChI is InChI=1S/C16H11ClN2S2/c17-15-7-6-14(21-15)16(13-5-2-8-20-13)19-12-4-1-3-11(9-12)10-18/h1-9,16,19H. The van der Waals surface area contributed by atoms with Crippen LogP contribution in [0.4, 0.5) is 5.69 Å². The number of benzene rings is 1. The van der Waals surface area contributed by atoms with Gasteiger partial charge in [-0.05, 0) is 41.8 Å². The van der Waals surface area contributed by atoms with E-state index in [2.05, 4.69) is 22.8 Å².